The number of nitrogens with one attached hydrogen (secondary N) is 1. The molecular formula is C11H13N3. The van der Waals surface area contributed by atoms with E-state index in [4.69, 9.17) is 0 Å². The summed E-state index contributed by atoms with van der Waals surface area (Å²) in [6, 6.07) is 8.35. The summed E-state index contributed by atoms with van der Waals surface area (Å²) in [5, 5.41) is 1.85. The highest BCUT2D eigenvalue weighted by molar-refractivity contribution is 5.68. The number of aryl methyl sites for hydroxylation is 1. The summed E-state index contributed by atoms with van der Waals surface area (Å²) >= 11 is 0. The predicted molar refractivity (Wildman–Crippen MR) is 59.1 cm³/mol. The van der Waals surface area contributed by atoms with Gasteiger partial charge in [0, 0.05) is 0 Å². The van der Waals surface area contributed by atoms with Gasteiger partial charge in [0.15, 0.2) is 0 Å². The highest BCUT2D eigenvalue weighted by atomic mass is 15.6. The monoisotopic (exact) mass is 187 g/mol. The quantitative estimate of drug-likeness (QED) is 0.767. The second kappa shape index (κ2) is 3.54. The van der Waals surface area contributed by atoms with E-state index in [1.807, 2.05) is 5.01 Å². The van der Waals surface area contributed by atoms with Gasteiger partial charge >= 0.3 is 0 Å². The van der Waals surface area contributed by atoms with Crippen molar-refractivity contribution in [2.75, 3.05) is 5.01 Å². The molecule has 1 aromatic rings. The SMILES string of the molecule is C=C1N=CNN1c1ccc(CC)cc1. The van der Waals surface area contributed by atoms with Crippen LogP contribution >= 0.6 is 0 Å². The van der Waals surface area contributed by atoms with Gasteiger partial charge in [-0.3, -0.25) is 5.43 Å². The Kier molecular flexibility index (Phi) is 2.23. The first-order valence-electron chi connectivity index (χ1n) is 4.68. The Bertz CT molecular complexity index is 365. The van der Waals surface area contributed by atoms with E-state index in [9.17, 15) is 0 Å². The van der Waals surface area contributed by atoms with Gasteiger partial charge in [-0.1, -0.05) is 25.6 Å². The zero-order valence-electron chi connectivity index (χ0n) is 8.20. The van der Waals surface area contributed by atoms with Crippen molar-refractivity contribution >= 4 is 12.0 Å². The van der Waals surface area contributed by atoms with Crippen LogP contribution in [0.15, 0.2) is 41.7 Å². The molecule has 0 saturated carbocycles. The molecule has 1 aromatic carbocycles. The van der Waals surface area contributed by atoms with Crippen molar-refractivity contribution in [3.05, 3.63) is 42.2 Å². The lowest BCUT2D eigenvalue weighted by Gasteiger charge is -2.17. The summed E-state index contributed by atoms with van der Waals surface area (Å²) < 4.78 is 0. The average Bonchev–Trinajstić information content (AvgIpc) is 2.65. The number of anilines is 1. The van der Waals surface area contributed by atoms with E-state index in [2.05, 4.69) is 48.2 Å². The molecule has 3 heteroatoms. The molecular weight excluding hydrogens is 174 g/mol. The zero-order chi connectivity index (χ0) is 9.97. The third-order valence-corrected chi connectivity index (χ3v) is 2.26. The molecule has 0 bridgehead atoms. The van der Waals surface area contributed by atoms with Gasteiger partial charge < -0.3 is 0 Å². The first kappa shape index (κ1) is 8.81. The molecule has 1 heterocycles. The smallest absolute Gasteiger partial charge is 0.146 e. The molecule has 2 rings (SSSR count). The summed E-state index contributed by atoms with van der Waals surface area (Å²) in [4.78, 5) is 4.03. The first-order valence-corrected chi connectivity index (χ1v) is 4.68. The summed E-state index contributed by atoms with van der Waals surface area (Å²) in [6.45, 7) is 5.96. The largest absolute Gasteiger partial charge is 0.282 e. The summed E-state index contributed by atoms with van der Waals surface area (Å²) in [5.41, 5.74) is 5.40. The number of nitrogens with zero attached hydrogens (tertiary/aromatic N) is 2. The lowest BCUT2D eigenvalue weighted by Crippen LogP contribution is -2.29. The molecule has 0 atom stereocenters. The molecule has 0 unspecified atom stereocenters. The van der Waals surface area contributed by atoms with E-state index >= 15 is 0 Å². The van der Waals surface area contributed by atoms with Gasteiger partial charge in [0.25, 0.3) is 0 Å². The predicted octanol–water partition coefficient (Wildman–Crippen LogP) is 2.07. The van der Waals surface area contributed by atoms with E-state index in [1.165, 1.54) is 5.56 Å². The zero-order valence-corrected chi connectivity index (χ0v) is 8.20. The Morgan fingerprint density at radius 3 is 2.57 bits per heavy atom. The third-order valence-electron chi connectivity index (χ3n) is 2.26. The van der Waals surface area contributed by atoms with Gasteiger partial charge in [0.1, 0.15) is 12.2 Å². The summed E-state index contributed by atoms with van der Waals surface area (Å²) in [6.07, 6.45) is 2.70. The molecule has 0 radical (unpaired) electrons. The molecule has 72 valence electrons. The molecule has 1 N–H and O–H groups in total. The van der Waals surface area contributed by atoms with Gasteiger partial charge in [-0.2, -0.15) is 0 Å². The molecule has 0 aromatic heterocycles. The van der Waals surface area contributed by atoms with Gasteiger partial charge in [-0.25, -0.2) is 10.0 Å². The highest BCUT2D eigenvalue weighted by Crippen LogP contribution is 2.19. The van der Waals surface area contributed by atoms with E-state index in [-0.39, 0.29) is 0 Å². The standard InChI is InChI=1S/C11H13N3/c1-3-10-4-6-11(7-5-10)14-9(2)12-8-13-14/h4-8H,2-3H2,1H3,(H,12,13). The fourth-order valence-electron chi connectivity index (χ4n) is 1.40. The van der Waals surface area contributed by atoms with Crippen molar-refractivity contribution in [3.63, 3.8) is 0 Å². The number of rotatable bonds is 2. The minimum Gasteiger partial charge on any atom is -0.282 e. The fraction of sp³-hybridized carbons (Fsp3) is 0.182. The molecule has 0 fully saturated rings. The minimum atomic E-state index is 0.717. The molecule has 14 heavy (non-hydrogen) atoms. The topological polar surface area (TPSA) is 27.6 Å². The van der Waals surface area contributed by atoms with Crippen LogP contribution in [0.5, 0.6) is 0 Å². The maximum absolute atomic E-state index is 4.03. The van der Waals surface area contributed by atoms with Crippen molar-refractivity contribution < 1.29 is 0 Å². The lowest BCUT2D eigenvalue weighted by molar-refractivity contribution is 0.930. The Morgan fingerprint density at radius 1 is 1.36 bits per heavy atom. The average molecular weight is 187 g/mol. The third kappa shape index (κ3) is 1.48. The number of benzene rings is 1. The molecule has 0 saturated heterocycles. The van der Waals surface area contributed by atoms with Crippen LogP contribution in [0.4, 0.5) is 5.69 Å². The van der Waals surface area contributed by atoms with Crippen molar-refractivity contribution in [3.8, 4) is 0 Å². The summed E-state index contributed by atoms with van der Waals surface area (Å²) in [7, 11) is 0. The van der Waals surface area contributed by atoms with Crippen molar-refractivity contribution in [2.45, 2.75) is 13.3 Å². The maximum atomic E-state index is 4.03. The Morgan fingerprint density at radius 2 is 2.07 bits per heavy atom. The van der Waals surface area contributed by atoms with E-state index in [0.29, 0.717) is 5.82 Å². The number of hydrazine groups is 1. The lowest BCUT2D eigenvalue weighted by atomic mass is 10.1. The van der Waals surface area contributed by atoms with Crippen molar-refractivity contribution in [1.82, 2.24) is 5.43 Å². The molecule has 1 aliphatic heterocycles. The fourth-order valence-corrected chi connectivity index (χ4v) is 1.40. The first-order chi connectivity index (χ1) is 6.81. The molecule has 0 amide bonds. The normalized spacial score (nSPS) is 14.6. The molecule has 3 nitrogen and oxygen atoms in total. The number of hydrogen-bond donors (Lipinski definition) is 1. The second-order valence-electron chi connectivity index (χ2n) is 3.16. The van der Waals surface area contributed by atoms with E-state index < -0.39 is 0 Å². The van der Waals surface area contributed by atoms with Gasteiger partial charge in [-0.15, -0.1) is 0 Å². The van der Waals surface area contributed by atoms with Crippen LogP contribution in [0.3, 0.4) is 0 Å². The van der Waals surface area contributed by atoms with Crippen molar-refractivity contribution in [1.29, 1.82) is 0 Å². The van der Waals surface area contributed by atoms with Crippen LogP contribution in [0.1, 0.15) is 12.5 Å². The Balaban J connectivity index is 2.21. The van der Waals surface area contributed by atoms with Gasteiger partial charge in [0.2, 0.25) is 0 Å². The van der Waals surface area contributed by atoms with Crippen LogP contribution in [0, 0.1) is 0 Å². The van der Waals surface area contributed by atoms with Gasteiger partial charge in [0.05, 0.1) is 5.69 Å². The minimum absolute atomic E-state index is 0.717. The van der Waals surface area contributed by atoms with Crippen LogP contribution in [0.2, 0.25) is 0 Å². The second-order valence-corrected chi connectivity index (χ2v) is 3.16. The van der Waals surface area contributed by atoms with Crippen LogP contribution in [-0.4, -0.2) is 6.34 Å². The maximum Gasteiger partial charge on any atom is 0.146 e. The van der Waals surface area contributed by atoms with Gasteiger partial charge in [-0.05, 0) is 24.1 Å². The Labute approximate surface area is 83.7 Å². The Hall–Kier alpha value is -1.77. The molecule has 1 aliphatic rings. The van der Waals surface area contributed by atoms with Crippen molar-refractivity contribution in [2.24, 2.45) is 4.99 Å². The molecule has 0 spiro atoms. The van der Waals surface area contributed by atoms with Crippen LogP contribution in [-0.2, 0) is 6.42 Å². The van der Waals surface area contributed by atoms with Crippen LogP contribution in [0.25, 0.3) is 0 Å². The number of hydrogen-bond acceptors (Lipinski definition) is 3. The highest BCUT2D eigenvalue weighted by Gasteiger charge is 2.11. The molecule has 0 aliphatic carbocycles. The van der Waals surface area contributed by atoms with E-state index in [1.54, 1.807) is 6.34 Å². The summed E-state index contributed by atoms with van der Waals surface area (Å²) in [5.74, 6) is 0.717. The van der Waals surface area contributed by atoms with E-state index in [0.717, 1.165) is 12.1 Å². The van der Waals surface area contributed by atoms with Crippen LogP contribution < -0.4 is 10.4 Å². The number of aliphatic imine (C=N–C) groups is 1.